The summed E-state index contributed by atoms with van der Waals surface area (Å²) in [5.41, 5.74) is 0.441. The number of nitrogens with one attached hydrogen (secondary N) is 1. The summed E-state index contributed by atoms with van der Waals surface area (Å²) in [6.07, 6.45) is 0.572. The first-order valence-corrected chi connectivity index (χ1v) is 6.80. The molecule has 0 fully saturated rings. The number of nitrogens with zero attached hydrogens (tertiary/aromatic N) is 1. The van der Waals surface area contributed by atoms with E-state index in [9.17, 15) is 4.79 Å². The fraction of sp³-hybridized carbons (Fsp3) is 0.385. The van der Waals surface area contributed by atoms with Crippen molar-refractivity contribution in [3.63, 3.8) is 0 Å². The zero-order chi connectivity index (χ0) is 14.7. The van der Waals surface area contributed by atoms with Gasteiger partial charge in [0.2, 0.25) is 0 Å². The van der Waals surface area contributed by atoms with E-state index >= 15 is 0 Å². The van der Waals surface area contributed by atoms with Crippen LogP contribution in [-0.4, -0.2) is 32.1 Å². The average molecular weight is 343 g/mol. The number of ether oxygens (including phenoxy) is 2. The molecule has 1 aliphatic rings. The molecule has 7 heteroatoms. The summed E-state index contributed by atoms with van der Waals surface area (Å²) in [7, 11) is 3.05. The predicted octanol–water partition coefficient (Wildman–Crippen LogP) is 2.32. The van der Waals surface area contributed by atoms with Crippen molar-refractivity contribution in [2.75, 3.05) is 14.2 Å². The lowest BCUT2D eigenvalue weighted by molar-refractivity contribution is 0.0966. The van der Waals surface area contributed by atoms with Crippen molar-refractivity contribution >= 4 is 27.7 Å². The van der Waals surface area contributed by atoms with Gasteiger partial charge in [0, 0.05) is 12.0 Å². The smallest absolute Gasteiger partial charge is 0.256 e. The molecule has 2 rings (SSSR count). The molecule has 1 unspecified atom stereocenters. The number of rotatable bonds is 3. The highest BCUT2D eigenvalue weighted by atomic mass is 79.9. The Morgan fingerprint density at radius 2 is 2.20 bits per heavy atom. The van der Waals surface area contributed by atoms with E-state index in [1.807, 2.05) is 6.92 Å². The molecule has 1 aliphatic heterocycles. The number of carbonyl (C=O) groups is 1. The van der Waals surface area contributed by atoms with E-state index in [-0.39, 0.29) is 12.0 Å². The second kappa shape index (κ2) is 6.13. The zero-order valence-electron chi connectivity index (χ0n) is 11.4. The average Bonchev–Trinajstić information content (AvgIpc) is 2.82. The van der Waals surface area contributed by atoms with Crippen LogP contribution in [0.2, 0.25) is 0 Å². The molecule has 1 atom stereocenters. The quantitative estimate of drug-likeness (QED) is 0.915. The molecule has 1 aromatic rings. The minimum Gasteiger partial charge on any atom is -0.493 e. The third kappa shape index (κ3) is 3.04. The Balaban J connectivity index is 2.20. The van der Waals surface area contributed by atoms with Crippen LogP contribution in [0.25, 0.3) is 0 Å². The molecular weight excluding hydrogens is 328 g/mol. The second-order valence-electron chi connectivity index (χ2n) is 4.31. The molecule has 1 amide bonds. The molecule has 0 saturated carbocycles. The first kappa shape index (κ1) is 14.6. The fourth-order valence-corrected chi connectivity index (χ4v) is 2.43. The molecular formula is C13H15BrN2O4. The maximum Gasteiger partial charge on any atom is 0.256 e. The van der Waals surface area contributed by atoms with Crippen molar-refractivity contribution in [3.8, 4) is 11.5 Å². The van der Waals surface area contributed by atoms with E-state index in [2.05, 4.69) is 26.4 Å². The van der Waals surface area contributed by atoms with Crippen molar-refractivity contribution < 1.29 is 19.1 Å². The van der Waals surface area contributed by atoms with Crippen molar-refractivity contribution in [1.29, 1.82) is 0 Å². The highest BCUT2D eigenvalue weighted by Gasteiger charge is 2.20. The predicted molar refractivity (Wildman–Crippen MR) is 77.3 cm³/mol. The van der Waals surface area contributed by atoms with Crippen molar-refractivity contribution in [2.24, 2.45) is 5.16 Å². The molecule has 1 heterocycles. The van der Waals surface area contributed by atoms with Gasteiger partial charge in [-0.25, -0.2) is 0 Å². The van der Waals surface area contributed by atoms with E-state index in [0.29, 0.717) is 33.8 Å². The van der Waals surface area contributed by atoms with Gasteiger partial charge in [0.05, 0.1) is 18.7 Å². The number of hydrogen-bond acceptors (Lipinski definition) is 5. The lowest BCUT2D eigenvalue weighted by Gasteiger charge is -2.11. The van der Waals surface area contributed by atoms with Crippen molar-refractivity contribution in [3.05, 3.63) is 22.2 Å². The van der Waals surface area contributed by atoms with Crippen molar-refractivity contribution in [1.82, 2.24) is 5.32 Å². The maximum absolute atomic E-state index is 12.2. The maximum atomic E-state index is 12.2. The van der Waals surface area contributed by atoms with Gasteiger partial charge in [-0.2, -0.15) is 0 Å². The molecule has 108 valence electrons. The number of halogens is 1. The van der Waals surface area contributed by atoms with Crippen LogP contribution in [0.5, 0.6) is 11.5 Å². The number of amides is 1. The molecule has 6 nitrogen and oxygen atoms in total. The molecule has 1 aromatic carbocycles. The van der Waals surface area contributed by atoms with Crippen LogP contribution in [0.3, 0.4) is 0 Å². The van der Waals surface area contributed by atoms with Gasteiger partial charge in [-0.15, -0.1) is 0 Å². The van der Waals surface area contributed by atoms with Gasteiger partial charge in [0.25, 0.3) is 5.91 Å². The summed E-state index contributed by atoms with van der Waals surface area (Å²) in [4.78, 5) is 17.2. The van der Waals surface area contributed by atoms with Crippen LogP contribution in [-0.2, 0) is 4.84 Å². The Bertz CT molecular complexity index is 560. The number of amidine groups is 1. The third-order valence-electron chi connectivity index (χ3n) is 2.78. The van der Waals surface area contributed by atoms with Gasteiger partial charge < -0.3 is 19.6 Å². The molecule has 0 bridgehead atoms. The Hall–Kier alpha value is -1.76. The minimum atomic E-state index is -0.275. The van der Waals surface area contributed by atoms with Crippen LogP contribution < -0.4 is 14.8 Å². The summed E-state index contributed by atoms with van der Waals surface area (Å²) in [6.45, 7) is 1.88. The van der Waals surface area contributed by atoms with Crippen LogP contribution in [0.1, 0.15) is 23.7 Å². The first-order chi connectivity index (χ1) is 9.55. The van der Waals surface area contributed by atoms with E-state index in [1.165, 1.54) is 14.2 Å². The highest BCUT2D eigenvalue weighted by Crippen LogP contribution is 2.36. The third-order valence-corrected chi connectivity index (χ3v) is 3.37. The van der Waals surface area contributed by atoms with Crippen LogP contribution in [0.4, 0.5) is 0 Å². The number of carbonyl (C=O) groups excluding carboxylic acids is 1. The fourth-order valence-electron chi connectivity index (χ4n) is 1.83. The van der Waals surface area contributed by atoms with E-state index in [4.69, 9.17) is 14.3 Å². The summed E-state index contributed by atoms with van der Waals surface area (Å²) in [6, 6.07) is 3.27. The Morgan fingerprint density at radius 3 is 2.75 bits per heavy atom. The second-order valence-corrected chi connectivity index (χ2v) is 5.16. The Morgan fingerprint density at radius 1 is 1.45 bits per heavy atom. The van der Waals surface area contributed by atoms with Crippen LogP contribution in [0.15, 0.2) is 21.8 Å². The van der Waals surface area contributed by atoms with Gasteiger partial charge >= 0.3 is 0 Å². The zero-order valence-corrected chi connectivity index (χ0v) is 13.0. The van der Waals surface area contributed by atoms with Gasteiger partial charge in [-0.05, 0) is 35.0 Å². The number of methoxy groups -OCH3 is 2. The summed E-state index contributed by atoms with van der Waals surface area (Å²) in [5, 5.41) is 6.51. The molecule has 20 heavy (non-hydrogen) atoms. The summed E-state index contributed by atoms with van der Waals surface area (Å²) >= 11 is 3.35. The Labute approximate surface area is 125 Å². The van der Waals surface area contributed by atoms with Crippen LogP contribution >= 0.6 is 15.9 Å². The van der Waals surface area contributed by atoms with Gasteiger partial charge in [-0.1, -0.05) is 5.16 Å². The van der Waals surface area contributed by atoms with Crippen molar-refractivity contribution in [2.45, 2.75) is 19.4 Å². The number of hydrogen-bond donors (Lipinski definition) is 1. The van der Waals surface area contributed by atoms with Gasteiger partial charge in [0.1, 0.15) is 6.10 Å². The van der Waals surface area contributed by atoms with Gasteiger partial charge in [0.15, 0.2) is 17.3 Å². The summed E-state index contributed by atoms with van der Waals surface area (Å²) in [5.74, 6) is 1.26. The van der Waals surface area contributed by atoms with E-state index in [0.717, 1.165) is 0 Å². The number of oxime groups is 1. The lowest BCUT2D eigenvalue weighted by Crippen LogP contribution is -2.30. The first-order valence-electron chi connectivity index (χ1n) is 6.00. The molecule has 1 N–H and O–H groups in total. The normalized spacial score (nSPS) is 17.2. The topological polar surface area (TPSA) is 69.2 Å². The monoisotopic (exact) mass is 342 g/mol. The molecule has 0 aliphatic carbocycles. The molecule has 0 aromatic heterocycles. The molecule has 0 radical (unpaired) electrons. The summed E-state index contributed by atoms with van der Waals surface area (Å²) < 4.78 is 11.0. The van der Waals surface area contributed by atoms with E-state index in [1.54, 1.807) is 12.1 Å². The molecule has 0 spiro atoms. The molecule has 0 saturated heterocycles. The Kier molecular flexibility index (Phi) is 4.49. The number of benzene rings is 1. The van der Waals surface area contributed by atoms with Crippen LogP contribution in [0, 0.1) is 0 Å². The minimum absolute atomic E-state index is 0.0116. The van der Waals surface area contributed by atoms with E-state index < -0.39 is 0 Å². The lowest BCUT2D eigenvalue weighted by atomic mass is 10.1. The SMILES string of the molecule is COc1cc(C(=O)NC2=NOC(C)C2)cc(Br)c1OC. The standard InChI is InChI=1S/C13H15BrN2O4/c1-7-4-11(16-20-7)15-13(17)8-5-9(14)12(19-3)10(6-8)18-2/h5-7H,4H2,1-3H3,(H,15,16,17). The highest BCUT2D eigenvalue weighted by molar-refractivity contribution is 9.10. The largest absolute Gasteiger partial charge is 0.493 e. The van der Waals surface area contributed by atoms with Gasteiger partial charge in [-0.3, -0.25) is 4.79 Å².